The first kappa shape index (κ1) is 11.1. The number of benzene rings is 1. The number of aromatic nitrogens is 1. The molecule has 2 aromatic rings. The van der Waals surface area contributed by atoms with Crippen LogP contribution in [0.25, 0.3) is 10.9 Å². The molecular weight excluding hydrogens is 266 g/mol. The molecule has 3 aliphatic rings. The number of para-hydroxylation sites is 1. The third-order valence-electron chi connectivity index (χ3n) is 4.85. The summed E-state index contributed by atoms with van der Waals surface area (Å²) in [5.41, 5.74) is 1.59. The normalized spacial score (nSPS) is 30.0. The van der Waals surface area contributed by atoms with Gasteiger partial charge in [0.05, 0.1) is 11.7 Å². The fraction of sp³-hybridized carbons (Fsp3) is 0.250. The van der Waals surface area contributed by atoms with Crippen molar-refractivity contribution in [2.24, 2.45) is 5.92 Å². The predicted molar refractivity (Wildman–Crippen MR) is 77.8 cm³/mol. The smallest absolute Gasteiger partial charge is 0.332 e. The number of amides is 3. The average molecular weight is 279 g/mol. The molecule has 3 amide bonds. The molecule has 1 N–H and O–H groups in total. The van der Waals surface area contributed by atoms with Crippen LogP contribution in [0.5, 0.6) is 0 Å². The van der Waals surface area contributed by atoms with Gasteiger partial charge in [-0.25, -0.2) is 9.69 Å². The summed E-state index contributed by atoms with van der Waals surface area (Å²) < 4.78 is 0. The molecule has 0 spiro atoms. The maximum absolute atomic E-state index is 12.7. The molecule has 5 rings (SSSR count). The summed E-state index contributed by atoms with van der Waals surface area (Å²) in [6, 6.07) is 7.31. The monoisotopic (exact) mass is 279 g/mol. The summed E-state index contributed by atoms with van der Waals surface area (Å²) in [6.07, 6.45) is 6.77. The lowest BCUT2D eigenvalue weighted by Crippen LogP contribution is -2.38. The van der Waals surface area contributed by atoms with E-state index in [1.165, 1.54) is 4.90 Å². The zero-order chi connectivity index (χ0) is 14.1. The number of hydrogen-bond acceptors (Lipinski definition) is 2. The van der Waals surface area contributed by atoms with E-state index in [2.05, 4.69) is 11.1 Å². The van der Waals surface area contributed by atoms with Crippen molar-refractivity contribution in [2.45, 2.75) is 18.5 Å². The molecule has 3 heterocycles. The summed E-state index contributed by atoms with van der Waals surface area (Å²) in [4.78, 5) is 31.7. The second kappa shape index (κ2) is 3.55. The molecule has 2 aliphatic heterocycles. The third-order valence-corrected chi connectivity index (χ3v) is 4.85. The second-order valence-electron chi connectivity index (χ2n) is 5.88. The molecule has 2 saturated heterocycles. The van der Waals surface area contributed by atoms with Gasteiger partial charge in [0.25, 0.3) is 5.91 Å². The zero-order valence-electron chi connectivity index (χ0n) is 11.2. The Hall–Kier alpha value is -2.56. The maximum atomic E-state index is 12.7. The SMILES string of the molecule is O=C1C2C3C=CC(C3)N2C(=O)N1c1c[nH]c2ccccc12. The van der Waals surface area contributed by atoms with E-state index in [4.69, 9.17) is 0 Å². The van der Waals surface area contributed by atoms with Crippen molar-refractivity contribution >= 4 is 28.5 Å². The van der Waals surface area contributed by atoms with E-state index >= 15 is 0 Å². The van der Waals surface area contributed by atoms with Crippen LogP contribution in [0.2, 0.25) is 0 Å². The van der Waals surface area contributed by atoms with Gasteiger partial charge in [-0.1, -0.05) is 30.4 Å². The Morgan fingerprint density at radius 3 is 2.86 bits per heavy atom. The number of carbonyl (C=O) groups is 2. The highest BCUT2D eigenvalue weighted by molar-refractivity contribution is 6.25. The van der Waals surface area contributed by atoms with E-state index in [-0.39, 0.29) is 29.9 Å². The van der Waals surface area contributed by atoms with Crippen LogP contribution in [0.1, 0.15) is 6.42 Å². The van der Waals surface area contributed by atoms with Crippen LogP contribution >= 0.6 is 0 Å². The number of aromatic amines is 1. The van der Waals surface area contributed by atoms with Gasteiger partial charge >= 0.3 is 6.03 Å². The van der Waals surface area contributed by atoms with Crippen molar-refractivity contribution in [3.8, 4) is 0 Å². The van der Waals surface area contributed by atoms with Gasteiger partial charge in [0.2, 0.25) is 0 Å². The minimum Gasteiger partial charge on any atom is -0.359 e. The third kappa shape index (κ3) is 1.22. The van der Waals surface area contributed by atoms with Crippen LogP contribution in [-0.4, -0.2) is 33.9 Å². The van der Waals surface area contributed by atoms with Crippen molar-refractivity contribution in [3.05, 3.63) is 42.6 Å². The fourth-order valence-electron chi connectivity index (χ4n) is 3.93. The minimum absolute atomic E-state index is 0.0895. The quantitative estimate of drug-likeness (QED) is 0.643. The summed E-state index contributed by atoms with van der Waals surface area (Å²) in [6.45, 7) is 0. The summed E-state index contributed by atoms with van der Waals surface area (Å²) in [5.74, 6) is 0.0864. The van der Waals surface area contributed by atoms with E-state index in [0.29, 0.717) is 5.69 Å². The lowest BCUT2D eigenvalue weighted by molar-refractivity contribution is -0.119. The van der Waals surface area contributed by atoms with E-state index in [9.17, 15) is 9.59 Å². The molecule has 3 unspecified atom stereocenters. The molecule has 1 aromatic carbocycles. The summed E-state index contributed by atoms with van der Waals surface area (Å²) >= 11 is 0. The Morgan fingerprint density at radius 2 is 2.00 bits per heavy atom. The number of fused-ring (bicyclic) bond motifs is 6. The number of carbonyl (C=O) groups excluding carboxylic acids is 2. The Labute approximate surface area is 120 Å². The van der Waals surface area contributed by atoms with Crippen molar-refractivity contribution in [2.75, 3.05) is 4.90 Å². The largest absolute Gasteiger partial charge is 0.359 e. The van der Waals surface area contributed by atoms with Gasteiger partial charge in [-0.3, -0.25) is 4.79 Å². The highest BCUT2D eigenvalue weighted by Gasteiger charge is 2.57. The molecule has 0 saturated carbocycles. The first-order chi connectivity index (χ1) is 10.3. The van der Waals surface area contributed by atoms with Crippen LogP contribution in [-0.2, 0) is 4.79 Å². The average Bonchev–Trinajstić information content (AvgIpc) is 3.23. The highest BCUT2D eigenvalue weighted by atomic mass is 16.2. The molecule has 3 atom stereocenters. The molecular formula is C16H13N3O2. The number of rotatable bonds is 1. The molecule has 5 nitrogen and oxygen atoms in total. The Morgan fingerprint density at radius 1 is 1.14 bits per heavy atom. The van der Waals surface area contributed by atoms with Gasteiger partial charge < -0.3 is 9.88 Å². The van der Waals surface area contributed by atoms with Crippen molar-refractivity contribution in [1.29, 1.82) is 0 Å². The lowest BCUT2D eigenvalue weighted by Gasteiger charge is -2.22. The van der Waals surface area contributed by atoms with Crippen molar-refractivity contribution < 1.29 is 9.59 Å². The van der Waals surface area contributed by atoms with Crippen LogP contribution in [0.15, 0.2) is 42.6 Å². The van der Waals surface area contributed by atoms with E-state index in [0.717, 1.165) is 17.3 Å². The minimum atomic E-state index is -0.304. The second-order valence-corrected chi connectivity index (χ2v) is 5.88. The summed E-state index contributed by atoms with van der Waals surface area (Å²) in [7, 11) is 0. The first-order valence-electron chi connectivity index (χ1n) is 7.16. The summed E-state index contributed by atoms with van der Waals surface area (Å²) in [5, 5.41) is 0.903. The Bertz CT molecular complexity index is 792. The standard InChI is InChI=1S/C16H13N3O2/c20-15-14-9-5-6-10(7-9)18(14)16(21)19(15)13-8-17-12-4-2-1-3-11(12)13/h1-6,8-10,14,17H,7H2. The van der Waals surface area contributed by atoms with Crippen LogP contribution in [0.4, 0.5) is 10.5 Å². The predicted octanol–water partition coefficient (Wildman–Crippen LogP) is 2.26. The van der Waals surface area contributed by atoms with Gasteiger partial charge in [0, 0.05) is 23.0 Å². The Balaban J connectivity index is 1.65. The molecule has 1 aromatic heterocycles. The van der Waals surface area contributed by atoms with Gasteiger partial charge in [-0.15, -0.1) is 0 Å². The molecule has 0 radical (unpaired) electrons. The number of anilines is 1. The maximum Gasteiger partial charge on any atom is 0.332 e. The van der Waals surface area contributed by atoms with E-state index < -0.39 is 0 Å². The van der Waals surface area contributed by atoms with E-state index in [1.807, 2.05) is 30.3 Å². The van der Waals surface area contributed by atoms with Crippen molar-refractivity contribution in [1.82, 2.24) is 9.88 Å². The fourth-order valence-corrected chi connectivity index (χ4v) is 3.93. The Kier molecular flexibility index (Phi) is 1.88. The molecule has 5 heteroatoms. The zero-order valence-corrected chi connectivity index (χ0v) is 11.2. The van der Waals surface area contributed by atoms with Crippen LogP contribution < -0.4 is 4.90 Å². The number of H-pyrrole nitrogens is 1. The molecule has 2 fully saturated rings. The molecule has 1 aliphatic carbocycles. The molecule has 2 bridgehead atoms. The van der Waals surface area contributed by atoms with Gasteiger partial charge in [0.1, 0.15) is 6.04 Å². The highest BCUT2D eigenvalue weighted by Crippen LogP contribution is 2.44. The van der Waals surface area contributed by atoms with Gasteiger partial charge in [0.15, 0.2) is 0 Å². The number of nitrogens with zero attached hydrogens (tertiary/aromatic N) is 2. The number of nitrogens with one attached hydrogen (secondary N) is 1. The number of hydrogen-bond donors (Lipinski definition) is 1. The molecule has 104 valence electrons. The van der Waals surface area contributed by atoms with Gasteiger partial charge in [-0.05, 0) is 12.5 Å². The topological polar surface area (TPSA) is 56.4 Å². The van der Waals surface area contributed by atoms with E-state index in [1.54, 1.807) is 11.1 Å². The lowest BCUT2D eigenvalue weighted by atomic mass is 10.0. The number of imide groups is 1. The van der Waals surface area contributed by atoms with Crippen molar-refractivity contribution in [3.63, 3.8) is 0 Å². The van der Waals surface area contributed by atoms with Crippen LogP contribution in [0, 0.1) is 5.92 Å². The first-order valence-corrected chi connectivity index (χ1v) is 7.16. The number of urea groups is 1. The van der Waals surface area contributed by atoms with Crippen LogP contribution in [0.3, 0.4) is 0 Å². The van der Waals surface area contributed by atoms with Gasteiger partial charge in [-0.2, -0.15) is 0 Å². The molecule has 21 heavy (non-hydrogen) atoms.